The normalized spacial score (nSPS) is 11.2. The zero-order valence-electron chi connectivity index (χ0n) is 24.4. The lowest BCUT2D eigenvalue weighted by atomic mass is 10.0. The number of carboxylic acids is 1. The Morgan fingerprint density at radius 3 is 2.48 bits per heavy atom. The number of nitrogens with zero attached hydrogens (tertiary/aromatic N) is 2. The molecule has 0 spiro atoms. The largest absolute Gasteiger partial charge is 0.493 e. The number of nitrogens with one attached hydrogen (secondary N) is 1. The molecule has 0 aliphatic heterocycles. The van der Waals surface area contributed by atoms with E-state index in [0.717, 1.165) is 46.5 Å². The van der Waals surface area contributed by atoms with Gasteiger partial charge in [0.25, 0.3) is 0 Å². The van der Waals surface area contributed by atoms with Crippen LogP contribution in [0.15, 0.2) is 60.8 Å². The maximum atomic E-state index is 11.8. The van der Waals surface area contributed by atoms with Crippen molar-refractivity contribution in [2.24, 2.45) is 0 Å². The van der Waals surface area contributed by atoms with Gasteiger partial charge in [0.2, 0.25) is 0 Å². The summed E-state index contributed by atoms with van der Waals surface area (Å²) < 4.78 is 13.7. The van der Waals surface area contributed by atoms with E-state index >= 15 is 0 Å². The summed E-state index contributed by atoms with van der Waals surface area (Å²) in [4.78, 5) is 11.8. The van der Waals surface area contributed by atoms with Crippen molar-refractivity contribution < 1.29 is 19.4 Å². The minimum atomic E-state index is -0.992. The third-order valence-electron chi connectivity index (χ3n) is 7.04. The van der Waals surface area contributed by atoms with Crippen molar-refractivity contribution >= 4 is 29.2 Å². The van der Waals surface area contributed by atoms with Crippen LogP contribution in [-0.2, 0) is 19.7 Å². The highest BCUT2D eigenvalue weighted by atomic mass is 35.5. The summed E-state index contributed by atoms with van der Waals surface area (Å²) in [5.74, 6) is 0.400. The SMILES string of the molecule is CCCCOc1ccc(CNCc2ccc(OCc3c(C(C)C)cnn3-c3c(Cl)cccc3Cl)cc2C)cc1C(=O)O. The van der Waals surface area contributed by atoms with Crippen molar-refractivity contribution in [2.75, 3.05) is 6.61 Å². The van der Waals surface area contributed by atoms with Gasteiger partial charge in [-0.1, -0.05) is 68.6 Å². The maximum absolute atomic E-state index is 11.8. The molecule has 0 radical (unpaired) electrons. The number of halogens is 2. The van der Waals surface area contributed by atoms with Crippen molar-refractivity contribution in [2.45, 2.75) is 66.2 Å². The first-order chi connectivity index (χ1) is 20.2. The van der Waals surface area contributed by atoms with Gasteiger partial charge in [0.05, 0.1) is 28.5 Å². The number of aromatic carboxylic acids is 1. The van der Waals surface area contributed by atoms with Crippen LogP contribution in [0, 0.1) is 6.92 Å². The summed E-state index contributed by atoms with van der Waals surface area (Å²) >= 11 is 13.0. The van der Waals surface area contributed by atoms with E-state index in [-0.39, 0.29) is 11.5 Å². The maximum Gasteiger partial charge on any atom is 0.339 e. The predicted molar refractivity (Wildman–Crippen MR) is 168 cm³/mol. The number of carbonyl (C=O) groups is 1. The minimum Gasteiger partial charge on any atom is -0.493 e. The van der Waals surface area contributed by atoms with E-state index in [9.17, 15) is 9.90 Å². The first kappa shape index (κ1) is 31.4. The van der Waals surface area contributed by atoms with Gasteiger partial charge in [-0.25, -0.2) is 9.48 Å². The lowest BCUT2D eigenvalue weighted by Gasteiger charge is -2.16. The molecule has 1 aromatic heterocycles. The van der Waals surface area contributed by atoms with Crippen LogP contribution >= 0.6 is 23.2 Å². The molecule has 4 rings (SSSR count). The molecular formula is C33H37Cl2N3O4. The topological polar surface area (TPSA) is 85.6 Å². The molecule has 42 heavy (non-hydrogen) atoms. The van der Waals surface area contributed by atoms with Gasteiger partial charge in [-0.05, 0) is 77.9 Å². The van der Waals surface area contributed by atoms with Gasteiger partial charge in [-0.3, -0.25) is 0 Å². The molecule has 7 nitrogen and oxygen atoms in total. The van der Waals surface area contributed by atoms with Crippen LogP contribution in [0.5, 0.6) is 11.5 Å². The van der Waals surface area contributed by atoms with Crippen LogP contribution in [0.4, 0.5) is 0 Å². The zero-order valence-corrected chi connectivity index (χ0v) is 25.9. The Hall–Kier alpha value is -3.52. The Balaban J connectivity index is 1.41. The van der Waals surface area contributed by atoms with Crippen molar-refractivity contribution in [1.29, 1.82) is 0 Å². The molecule has 3 aromatic carbocycles. The van der Waals surface area contributed by atoms with Gasteiger partial charge in [-0.15, -0.1) is 0 Å². The molecule has 0 bridgehead atoms. The number of rotatable bonds is 14. The molecular weight excluding hydrogens is 573 g/mol. The fourth-order valence-electron chi connectivity index (χ4n) is 4.65. The standard InChI is InChI=1S/C33H37Cl2N3O4/c1-5-6-14-41-31-13-10-23(16-26(31)33(39)40)17-36-18-24-11-12-25(15-22(24)4)42-20-30-27(21(2)3)19-37-38(30)32-28(34)8-7-9-29(32)35/h7-13,15-16,19,21,36H,5-6,14,17-18,20H2,1-4H3,(H,39,40). The number of hydrogen-bond donors (Lipinski definition) is 2. The molecule has 0 atom stereocenters. The average molecular weight is 611 g/mol. The molecule has 0 fully saturated rings. The molecule has 9 heteroatoms. The van der Waals surface area contributed by atoms with Gasteiger partial charge in [0.1, 0.15) is 29.4 Å². The first-order valence-corrected chi connectivity index (χ1v) is 14.9. The van der Waals surface area contributed by atoms with Gasteiger partial charge < -0.3 is 19.9 Å². The first-order valence-electron chi connectivity index (χ1n) is 14.1. The second-order valence-corrected chi connectivity index (χ2v) is 11.3. The lowest BCUT2D eigenvalue weighted by molar-refractivity contribution is 0.0692. The Morgan fingerprint density at radius 2 is 1.81 bits per heavy atom. The van der Waals surface area contributed by atoms with Crippen LogP contribution < -0.4 is 14.8 Å². The summed E-state index contributed by atoms with van der Waals surface area (Å²) in [5, 5.41) is 18.7. The highest BCUT2D eigenvalue weighted by molar-refractivity contribution is 6.37. The quantitative estimate of drug-likeness (QED) is 0.140. The highest BCUT2D eigenvalue weighted by Gasteiger charge is 2.19. The molecule has 222 valence electrons. The van der Waals surface area contributed by atoms with Gasteiger partial charge >= 0.3 is 5.97 Å². The minimum absolute atomic E-state index is 0.182. The number of aryl methyl sites for hydroxylation is 1. The number of para-hydroxylation sites is 1. The van der Waals surface area contributed by atoms with E-state index in [4.69, 9.17) is 32.7 Å². The third-order valence-corrected chi connectivity index (χ3v) is 7.65. The molecule has 2 N–H and O–H groups in total. The number of carboxylic acid groups (broad SMARTS) is 1. The number of ether oxygens (including phenoxy) is 2. The molecule has 0 aliphatic carbocycles. The summed E-state index contributed by atoms with van der Waals surface area (Å²) in [6.45, 7) is 10.3. The van der Waals surface area contributed by atoms with E-state index in [1.807, 2.05) is 43.5 Å². The Kier molecular flexibility index (Phi) is 10.9. The second kappa shape index (κ2) is 14.6. The van der Waals surface area contributed by atoms with Crippen molar-refractivity contribution in [3.63, 3.8) is 0 Å². The van der Waals surface area contributed by atoms with Gasteiger partial charge in [-0.2, -0.15) is 5.10 Å². The third kappa shape index (κ3) is 7.65. The number of aromatic nitrogens is 2. The van der Waals surface area contributed by atoms with E-state index in [1.54, 1.807) is 28.9 Å². The van der Waals surface area contributed by atoms with E-state index in [2.05, 4.69) is 31.2 Å². The monoisotopic (exact) mass is 609 g/mol. The van der Waals surface area contributed by atoms with E-state index in [1.165, 1.54) is 0 Å². The molecule has 0 saturated heterocycles. The van der Waals surface area contributed by atoms with Crippen LogP contribution in [0.2, 0.25) is 10.0 Å². The molecule has 0 saturated carbocycles. The predicted octanol–water partition coefficient (Wildman–Crippen LogP) is 8.36. The van der Waals surface area contributed by atoms with Crippen LogP contribution in [0.25, 0.3) is 5.69 Å². The summed E-state index contributed by atoms with van der Waals surface area (Å²) in [5.41, 5.74) is 5.86. The van der Waals surface area contributed by atoms with Gasteiger partial charge in [0.15, 0.2) is 0 Å². The number of benzene rings is 3. The molecule has 0 amide bonds. The fraction of sp³-hybridized carbons (Fsp3) is 0.333. The lowest BCUT2D eigenvalue weighted by Crippen LogP contribution is -2.14. The smallest absolute Gasteiger partial charge is 0.339 e. The van der Waals surface area contributed by atoms with Crippen LogP contribution in [0.3, 0.4) is 0 Å². The van der Waals surface area contributed by atoms with Crippen LogP contribution in [0.1, 0.15) is 77.8 Å². The highest BCUT2D eigenvalue weighted by Crippen LogP contribution is 2.32. The fourth-order valence-corrected chi connectivity index (χ4v) is 5.21. The van der Waals surface area contributed by atoms with Crippen molar-refractivity contribution in [3.05, 3.63) is 104 Å². The van der Waals surface area contributed by atoms with Crippen LogP contribution in [-0.4, -0.2) is 27.5 Å². The van der Waals surface area contributed by atoms with E-state index < -0.39 is 5.97 Å². The van der Waals surface area contributed by atoms with Gasteiger partial charge in [0, 0.05) is 13.1 Å². The molecule has 1 heterocycles. The molecule has 4 aromatic rings. The Labute approximate surface area is 257 Å². The molecule has 0 aliphatic rings. The summed E-state index contributed by atoms with van der Waals surface area (Å²) in [7, 11) is 0. The number of unbranched alkanes of at least 4 members (excludes halogenated alkanes) is 1. The van der Waals surface area contributed by atoms with Crippen molar-refractivity contribution in [3.8, 4) is 17.2 Å². The van der Waals surface area contributed by atoms with Crippen molar-refractivity contribution in [1.82, 2.24) is 15.1 Å². The Morgan fingerprint density at radius 1 is 1.05 bits per heavy atom. The molecule has 0 unspecified atom stereocenters. The Bertz CT molecular complexity index is 1510. The second-order valence-electron chi connectivity index (χ2n) is 10.5. The summed E-state index contributed by atoms with van der Waals surface area (Å²) in [6, 6.07) is 16.7. The van der Waals surface area contributed by atoms with E-state index in [0.29, 0.717) is 47.8 Å². The zero-order chi connectivity index (χ0) is 30.2. The number of hydrogen-bond acceptors (Lipinski definition) is 5. The average Bonchev–Trinajstić information content (AvgIpc) is 3.37. The summed E-state index contributed by atoms with van der Waals surface area (Å²) in [6.07, 6.45) is 3.71.